The van der Waals surface area contributed by atoms with Gasteiger partial charge >= 0.3 is 0 Å². The molecule has 0 radical (unpaired) electrons. The van der Waals surface area contributed by atoms with Crippen LogP contribution in [0.1, 0.15) is 30.0 Å². The van der Waals surface area contributed by atoms with Gasteiger partial charge in [-0.25, -0.2) is 15.4 Å². The van der Waals surface area contributed by atoms with E-state index in [4.69, 9.17) is 5.84 Å². The minimum absolute atomic E-state index is 0.119. The molecule has 0 aliphatic heterocycles. The molecule has 0 spiro atoms. The molecule has 0 saturated heterocycles. The molecule has 0 fully saturated rings. The smallest absolute Gasteiger partial charge is 0.146 e. The number of pyridine rings is 1. The number of hydrazine groups is 1. The highest BCUT2D eigenvalue weighted by molar-refractivity contribution is 5.15. The molecule has 0 bridgehead atoms. The fraction of sp³-hybridized carbons (Fsp3) is 0.308. The highest BCUT2D eigenvalue weighted by Gasteiger charge is 2.13. The van der Waals surface area contributed by atoms with Crippen molar-refractivity contribution in [3.05, 3.63) is 53.9 Å². The molecule has 5 heteroatoms. The lowest BCUT2D eigenvalue weighted by Crippen LogP contribution is -2.31. The normalized spacial score (nSPS) is 12.3. The van der Waals surface area contributed by atoms with Crippen LogP contribution in [0.15, 0.2) is 36.8 Å². The van der Waals surface area contributed by atoms with E-state index in [-0.39, 0.29) is 6.04 Å². The summed E-state index contributed by atoms with van der Waals surface area (Å²) < 4.78 is 0. The van der Waals surface area contributed by atoms with E-state index >= 15 is 0 Å². The summed E-state index contributed by atoms with van der Waals surface area (Å²) in [4.78, 5) is 12.8. The van der Waals surface area contributed by atoms with Crippen molar-refractivity contribution >= 4 is 0 Å². The van der Waals surface area contributed by atoms with Crippen LogP contribution in [0.3, 0.4) is 0 Å². The predicted molar refractivity (Wildman–Crippen MR) is 69.4 cm³/mol. The monoisotopic (exact) mass is 243 g/mol. The molecular formula is C13H17N5. The van der Waals surface area contributed by atoms with Gasteiger partial charge in [0.05, 0.1) is 6.04 Å². The van der Waals surface area contributed by atoms with Crippen LogP contribution in [0.5, 0.6) is 0 Å². The number of nitrogens with two attached hydrogens (primary N) is 1. The predicted octanol–water partition coefficient (Wildman–Crippen LogP) is 1.18. The SMILES string of the molecule is CCc1ccc(CC(NN)c2ncccn2)nc1. The molecule has 0 aliphatic rings. The average molecular weight is 243 g/mol. The second kappa shape index (κ2) is 6.18. The molecule has 0 saturated carbocycles. The molecule has 2 aromatic rings. The first-order valence-corrected chi connectivity index (χ1v) is 6.00. The van der Waals surface area contributed by atoms with Crippen LogP contribution in [0.4, 0.5) is 0 Å². The summed E-state index contributed by atoms with van der Waals surface area (Å²) in [6, 6.07) is 5.77. The largest absolute Gasteiger partial charge is 0.271 e. The third-order valence-electron chi connectivity index (χ3n) is 2.81. The molecule has 2 heterocycles. The van der Waals surface area contributed by atoms with Gasteiger partial charge in [0.15, 0.2) is 0 Å². The molecule has 3 N–H and O–H groups in total. The third kappa shape index (κ3) is 3.09. The molecule has 0 amide bonds. The van der Waals surface area contributed by atoms with Gasteiger partial charge in [-0.1, -0.05) is 13.0 Å². The Morgan fingerprint density at radius 1 is 1.22 bits per heavy atom. The van der Waals surface area contributed by atoms with E-state index in [1.165, 1.54) is 5.56 Å². The Labute approximate surface area is 106 Å². The Balaban J connectivity index is 2.10. The molecule has 18 heavy (non-hydrogen) atoms. The molecule has 0 aromatic carbocycles. The fourth-order valence-electron chi connectivity index (χ4n) is 1.71. The quantitative estimate of drug-likeness (QED) is 0.609. The molecule has 94 valence electrons. The summed E-state index contributed by atoms with van der Waals surface area (Å²) >= 11 is 0. The number of aromatic nitrogens is 3. The first kappa shape index (κ1) is 12.6. The van der Waals surface area contributed by atoms with Crippen LogP contribution >= 0.6 is 0 Å². The first-order valence-electron chi connectivity index (χ1n) is 6.00. The maximum atomic E-state index is 5.55. The summed E-state index contributed by atoms with van der Waals surface area (Å²) in [6.07, 6.45) is 6.98. The zero-order valence-electron chi connectivity index (χ0n) is 10.4. The topological polar surface area (TPSA) is 76.7 Å². The van der Waals surface area contributed by atoms with Gasteiger partial charge in [0, 0.05) is 30.7 Å². The lowest BCUT2D eigenvalue weighted by molar-refractivity contribution is 0.517. The van der Waals surface area contributed by atoms with Crippen molar-refractivity contribution in [2.24, 2.45) is 5.84 Å². The Hall–Kier alpha value is -1.85. The molecule has 1 atom stereocenters. The number of rotatable bonds is 5. The molecule has 5 nitrogen and oxygen atoms in total. The number of hydrogen-bond donors (Lipinski definition) is 2. The van der Waals surface area contributed by atoms with E-state index in [2.05, 4.69) is 33.4 Å². The van der Waals surface area contributed by atoms with Gasteiger partial charge in [-0.15, -0.1) is 0 Å². The van der Waals surface area contributed by atoms with E-state index < -0.39 is 0 Å². The number of aryl methyl sites for hydroxylation is 1. The molecule has 1 unspecified atom stereocenters. The van der Waals surface area contributed by atoms with Crippen molar-refractivity contribution in [2.75, 3.05) is 0 Å². The highest BCUT2D eigenvalue weighted by Crippen LogP contribution is 2.12. The van der Waals surface area contributed by atoms with Gasteiger partial charge in [0.1, 0.15) is 5.82 Å². The lowest BCUT2D eigenvalue weighted by Gasteiger charge is -2.13. The fourth-order valence-corrected chi connectivity index (χ4v) is 1.71. The van der Waals surface area contributed by atoms with Crippen LogP contribution in [0.2, 0.25) is 0 Å². The average Bonchev–Trinajstić information content (AvgIpc) is 2.46. The van der Waals surface area contributed by atoms with Crippen molar-refractivity contribution < 1.29 is 0 Å². The minimum Gasteiger partial charge on any atom is -0.271 e. The van der Waals surface area contributed by atoms with Gasteiger partial charge in [-0.05, 0) is 24.1 Å². The van der Waals surface area contributed by atoms with Crippen LogP contribution in [0, 0.1) is 0 Å². The van der Waals surface area contributed by atoms with E-state index in [0.29, 0.717) is 12.2 Å². The Bertz CT molecular complexity index is 469. The van der Waals surface area contributed by atoms with E-state index in [0.717, 1.165) is 12.1 Å². The van der Waals surface area contributed by atoms with E-state index in [1.54, 1.807) is 18.5 Å². The summed E-state index contributed by atoms with van der Waals surface area (Å²) in [7, 11) is 0. The summed E-state index contributed by atoms with van der Waals surface area (Å²) in [5.74, 6) is 6.23. The summed E-state index contributed by atoms with van der Waals surface area (Å²) in [5, 5.41) is 0. The first-order chi connectivity index (χ1) is 8.83. The van der Waals surface area contributed by atoms with Gasteiger partial charge in [-0.2, -0.15) is 0 Å². The standard InChI is InChI=1S/C13H17N5/c1-2-10-4-5-11(17-9-10)8-12(18-14)13-15-6-3-7-16-13/h3-7,9,12,18H,2,8,14H2,1H3. The van der Waals surface area contributed by atoms with E-state index in [1.807, 2.05) is 12.3 Å². The number of nitrogens with one attached hydrogen (secondary N) is 1. The van der Waals surface area contributed by atoms with Gasteiger partial charge in [0.2, 0.25) is 0 Å². The van der Waals surface area contributed by atoms with Gasteiger partial charge in [0.25, 0.3) is 0 Å². The highest BCUT2D eigenvalue weighted by atomic mass is 15.2. The third-order valence-corrected chi connectivity index (χ3v) is 2.81. The van der Waals surface area contributed by atoms with Crippen LogP contribution < -0.4 is 11.3 Å². The molecule has 2 rings (SSSR count). The lowest BCUT2D eigenvalue weighted by atomic mass is 10.1. The second-order valence-corrected chi connectivity index (χ2v) is 4.04. The van der Waals surface area contributed by atoms with Crippen molar-refractivity contribution in [3.63, 3.8) is 0 Å². The van der Waals surface area contributed by atoms with Crippen LogP contribution in [0.25, 0.3) is 0 Å². The van der Waals surface area contributed by atoms with Crippen molar-refractivity contribution in [1.29, 1.82) is 0 Å². The summed E-state index contributed by atoms with van der Waals surface area (Å²) in [5.41, 5.74) is 4.93. The second-order valence-electron chi connectivity index (χ2n) is 4.04. The van der Waals surface area contributed by atoms with Crippen molar-refractivity contribution in [3.8, 4) is 0 Å². The van der Waals surface area contributed by atoms with E-state index in [9.17, 15) is 0 Å². The van der Waals surface area contributed by atoms with Gasteiger partial charge < -0.3 is 0 Å². The van der Waals surface area contributed by atoms with Crippen LogP contribution in [-0.4, -0.2) is 15.0 Å². The molecule has 0 aliphatic carbocycles. The molecular weight excluding hydrogens is 226 g/mol. The number of nitrogens with zero attached hydrogens (tertiary/aromatic N) is 3. The zero-order valence-corrected chi connectivity index (χ0v) is 10.4. The minimum atomic E-state index is -0.119. The number of hydrogen-bond acceptors (Lipinski definition) is 5. The Morgan fingerprint density at radius 3 is 2.56 bits per heavy atom. The van der Waals surface area contributed by atoms with Crippen LogP contribution in [-0.2, 0) is 12.8 Å². The van der Waals surface area contributed by atoms with Crippen molar-refractivity contribution in [2.45, 2.75) is 25.8 Å². The Morgan fingerprint density at radius 2 is 2.00 bits per heavy atom. The maximum absolute atomic E-state index is 5.55. The maximum Gasteiger partial charge on any atom is 0.146 e. The van der Waals surface area contributed by atoms with Gasteiger partial charge in [-0.3, -0.25) is 10.8 Å². The van der Waals surface area contributed by atoms with Crippen molar-refractivity contribution in [1.82, 2.24) is 20.4 Å². The zero-order chi connectivity index (χ0) is 12.8. The Kier molecular flexibility index (Phi) is 4.33. The summed E-state index contributed by atoms with van der Waals surface area (Å²) in [6.45, 7) is 2.11. The molecule has 2 aromatic heterocycles.